The molecule has 2 N–H and O–H groups in total. The van der Waals surface area contributed by atoms with Crippen LogP contribution in [0.5, 0.6) is 0 Å². The molecule has 0 saturated carbocycles. The van der Waals surface area contributed by atoms with Crippen LogP contribution in [0.25, 0.3) is 0 Å². The van der Waals surface area contributed by atoms with E-state index in [0.29, 0.717) is 6.54 Å². The third-order valence-corrected chi connectivity index (χ3v) is 6.87. The van der Waals surface area contributed by atoms with Crippen molar-refractivity contribution in [3.05, 3.63) is 53.3 Å². The standard InChI is InChI=1S/C20H28ClN5OS/c1-22-19(24-15-20(28-2)8-12-27-13-9-20)23-14-18(26-11-3-10-25-26)16-4-6-17(21)7-5-16/h3-7,10-11,18H,8-9,12-15H2,1-2H3,(H2,22,23,24). The van der Waals surface area contributed by atoms with E-state index in [1.54, 1.807) is 13.2 Å². The summed E-state index contributed by atoms with van der Waals surface area (Å²) >= 11 is 7.97. The van der Waals surface area contributed by atoms with Gasteiger partial charge in [-0.1, -0.05) is 23.7 Å². The van der Waals surface area contributed by atoms with Gasteiger partial charge < -0.3 is 15.4 Å². The van der Waals surface area contributed by atoms with Crippen LogP contribution in [0.4, 0.5) is 0 Å². The summed E-state index contributed by atoms with van der Waals surface area (Å²) in [4.78, 5) is 4.40. The Hall–Kier alpha value is -1.70. The summed E-state index contributed by atoms with van der Waals surface area (Å²) in [7, 11) is 1.80. The van der Waals surface area contributed by atoms with Gasteiger partial charge in [0.1, 0.15) is 0 Å². The lowest BCUT2D eigenvalue weighted by Gasteiger charge is -2.36. The Kier molecular flexibility index (Phi) is 7.65. The zero-order valence-corrected chi connectivity index (χ0v) is 18.0. The highest BCUT2D eigenvalue weighted by Crippen LogP contribution is 2.32. The van der Waals surface area contributed by atoms with Crippen molar-refractivity contribution in [2.24, 2.45) is 4.99 Å². The number of hydrogen-bond acceptors (Lipinski definition) is 4. The Bertz CT molecular complexity index is 744. The van der Waals surface area contributed by atoms with Crippen molar-refractivity contribution >= 4 is 29.3 Å². The third kappa shape index (κ3) is 5.43. The summed E-state index contributed by atoms with van der Waals surface area (Å²) in [6.45, 7) is 3.18. The van der Waals surface area contributed by atoms with Crippen molar-refractivity contribution in [3.8, 4) is 0 Å². The number of guanidine groups is 1. The number of rotatable bonds is 7. The minimum absolute atomic E-state index is 0.0448. The van der Waals surface area contributed by atoms with Crippen LogP contribution in [-0.4, -0.2) is 60.1 Å². The van der Waals surface area contributed by atoms with Gasteiger partial charge in [0.25, 0.3) is 0 Å². The van der Waals surface area contributed by atoms with E-state index in [9.17, 15) is 0 Å². The molecule has 1 aromatic carbocycles. The number of aliphatic imine (C=N–C) groups is 1. The summed E-state index contributed by atoms with van der Waals surface area (Å²) in [5.74, 6) is 0.797. The monoisotopic (exact) mass is 421 g/mol. The number of nitrogens with one attached hydrogen (secondary N) is 2. The molecule has 0 amide bonds. The first kappa shape index (κ1) is 21.0. The number of halogens is 1. The molecule has 3 rings (SSSR count). The van der Waals surface area contributed by atoms with Crippen molar-refractivity contribution in [2.45, 2.75) is 23.6 Å². The van der Waals surface area contributed by atoms with Crippen LogP contribution in [-0.2, 0) is 4.74 Å². The highest BCUT2D eigenvalue weighted by Gasteiger charge is 2.31. The molecule has 2 heterocycles. The number of ether oxygens (including phenoxy) is 1. The Balaban J connectivity index is 1.63. The van der Waals surface area contributed by atoms with E-state index in [4.69, 9.17) is 16.3 Å². The lowest BCUT2D eigenvalue weighted by Crippen LogP contribution is -2.48. The van der Waals surface area contributed by atoms with Gasteiger partial charge in [-0.3, -0.25) is 9.67 Å². The zero-order chi connectivity index (χ0) is 19.8. The Labute approximate surface area is 176 Å². The predicted octanol–water partition coefficient (Wildman–Crippen LogP) is 3.20. The molecule has 152 valence electrons. The molecule has 0 bridgehead atoms. The molecule has 1 saturated heterocycles. The van der Waals surface area contributed by atoms with E-state index in [2.05, 4.69) is 27.0 Å². The topological polar surface area (TPSA) is 63.5 Å². The maximum absolute atomic E-state index is 6.06. The van der Waals surface area contributed by atoms with Crippen LogP contribution in [0.3, 0.4) is 0 Å². The molecule has 0 spiro atoms. The summed E-state index contributed by atoms with van der Waals surface area (Å²) in [5.41, 5.74) is 1.14. The lowest BCUT2D eigenvalue weighted by atomic mass is 9.99. The largest absolute Gasteiger partial charge is 0.381 e. The van der Waals surface area contributed by atoms with Crippen LogP contribution >= 0.6 is 23.4 Å². The van der Waals surface area contributed by atoms with Crippen molar-refractivity contribution in [2.75, 3.05) is 39.6 Å². The summed E-state index contributed by atoms with van der Waals surface area (Å²) in [5, 5.41) is 12.1. The molecule has 8 heteroatoms. The Morgan fingerprint density at radius 1 is 1.32 bits per heavy atom. The van der Waals surface area contributed by atoms with Gasteiger partial charge in [-0.2, -0.15) is 16.9 Å². The Morgan fingerprint density at radius 3 is 2.68 bits per heavy atom. The average Bonchev–Trinajstić information content (AvgIpc) is 3.27. The minimum atomic E-state index is 0.0448. The highest BCUT2D eigenvalue weighted by molar-refractivity contribution is 8.00. The highest BCUT2D eigenvalue weighted by atomic mass is 35.5. The van der Waals surface area contributed by atoms with Crippen LogP contribution < -0.4 is 10.6 Å². The molecular formula is C20H28ClN5OS. The molecule has 1 aliphatic rings. The molecule has 1 fully saturated rings. The molecule has 6 nitrogen and oxygen atoms in total. The van der Waals surface area contributed by atoms with E-state index >= 15 is 0 Å². The van der Waals surface area contributed by atoms with E-state index < -0.39 is 0 Å². The van der Waals surface area contributed by atoms with Gasteiger partial charge in [0.15, 0.2) is 5.96 Å². The number of hydrogen-bond donors (Lipinski definition) is 2. The van der Waals surface area contributed by atoms with Crippen LogP contribution in [0.1, 0.15) is 24.4 Å². The number of benzene rings is 1. The molecule has 1 unspecified atom stereocenters. The van der Waals surface area contributed by atoms with Crippen molar-refractivity contribution in [1.29, 1.82) is 0 Å². The van der Waals surface area contributed by atoms with Crippen molar-refractivity contribution < 1.29 is 4.74 Å². The fourth-order valence-corrected chi connectivity index (χ4v) is 4.29. The van der Waals surface area contributed by atoms with Gasteiger partial charge in [0.2, 0.25) is 0 Å². The predicted molar refractivity (Wildman–Crippen MR) is 117 cm³/mol. The zero-order valence-electron chi connectivity index (χ0n) is 16.4. The SMILES string of the molecule is CN=C(NCC(c1ccc(Cl)cc1)n1cccn1)NCC1(SC)CCOCC1. The van der Waals surface area contributed by atoms with Crippen LogP contribution in [0, 0.1) is 0 Å². The first-order valence-electron chi connectivity index (χ1n) is 9.48. The molecular weight excluding hydrogens is 394 g/mol. The number of nitrogens with zero attached hydrogens (tertiary/aromatic N) is 3. The summed E-state index contributed by atoms with van der Waals surface area (Å²) in [6, 6.07) is 9.88. The second-order valence-corrected chi connectivity index (χ2v) is 8.57. The van der Waals surface area contributed by atoms with Crippen molar-refractivity contribution in [1.82, 2.24) is 20.4 Å². The second-order valence-electron chi connectivity index (χ2n) is 6.86. The van der Waals surface area contributed by atoms with E-state index in [1.807, 2.05) is 53.0 Å². The molecule has 1 aliphatic heterocycles. The maximum Gasteiger partial charge on any atom is 0.191 e. The van der Waals surface area contributed by atoms with Gasteiger partial charge in [-0.25, -0.2) is 0 Å². The van der Waals surface area contributed by atoms with E-state index in [0.717, 1.165) is 49.1 Å². The smallest absolute Gasteiger partial charge is 0.191 e. The van der Waals surface area contributed by atoms with Gasteiger partial charge in [0.05, 0.1) is 6.04 Å². The molecule has 0 radical (unpaired) electrons. The average molecular weight is 422 g/mol. The first-order valence-corrected chi connectivity index (χ1v) is 11.1. The molecule has 1 aromatic heterocycles. The van der Waals surface area contributed by atoms with E-state index in [-0.39, 0.29) is 10.8 Å². The van der Waals surface area contributed by atoms with Gasteiger partial charge in [0, 0.05) is 55.5 Å². The minimum Gasteiger partial charge on any atom is -0.381 e. The van der Waals surface area contributed by atoms with E-state index in [1.165, 1.54) is 0 Å². The second kappa shape index (κ2) is 10.2. The summed E-state index contributed by atoms with van der Waals surface area (Å²) < 4.78 is 7.68. The van der Waals surface area contributed by atoms with Crippen molar-refractivity contribution in [3.63, 3.8) is 0 Å². The van der Waals surface area contributed by atoms with Gasteiger partial charge in [-0.05, 0) is 42.9 Å². The fraction of sp³-hybridized carbons (Fsp3) is 0.500. The molecule has 2 aromatic rings. The van der Waals surface area contributed by atoms with Gasteiger partial charge in [-0.15, -0.1) is 0 Å². The quantitative estimate of drug-likeness (QED) is 0.531. The molecule has 28 heavy (non-hydrogen) atoms. The van der Waals surface area contributed by atoms with Gasteiger partial charge >= 0.3 is 0 Å². The third-order valence-electron chi connectivity index (χ3n) is 5.20. The number of aromatic nitrogens is 2. The molecule has 0 aliphatic carbocycles. The number of thioether (sulfide) groups is 1. The first-order chi connectivity index (χ1) is 13.7. The van der Waals surface area contributed by atoms with Crippen LogP contribution in [0.2, 0.25) is 5.02 Å². The summed E-state index contributed by atoms with van der Waals surface area (Å²) in [6.07, 6.45) is 8.06. The Morgan fingerprint density at radius 2 is 2.07 bits per heavy atom. The molecule has 1 atom stereocenters. The lowest BCUT2D eigenvalue weighted by molar-refractivity contribution is 0.0783. The van der Waals surface area contributed by atoms with Crippen LogP contribution in [0.15, 0.2) is 47.7 Å². The maximum atomic E-state index is 6.06. The fourth-order valence-electron chi connectivity index (χ4n) is 3.37. The normalized spacial score (nSPS) is 17.9.